The van der Waals surface area contributed by atoms with E-state index < -0.39 is 59.9 Å². The van der Waals surface area contributed by atoms with Crippen molar-refractivity contribution in [3.63, 3.8) is 0 Å². The quantitative estimate of drug-likeness (QED) is 0.174. The van der Waals surface area contributed by atoms with E-state index in [1.54, 1.807) is 13.8 Å². The maximum absolute atomic E-state index is 13.6. The molecule has 1 aliphatic heterocycles. The number of carbonyl (C=O) groups is 5. The first-order valence-electron chi connectivity index (χ1n) is 12.5. The van der Waals surface area contributed by atoms with Gasteiger partial charge in [-0.1, -0.05) is 13.8 Å². The number of hydrogen-bond acceptors (Lipinski definition) is 8. The minimum absolute atomic E-state index is 0.0124. The number of methoxy groups -OCH3 is 1. The van der Waals surface area contributed by atoms with E-state index in [-0.39, 0.29) is 38.1 Å². The van der Waals surface area contributed by atoms with Crippen LogP contribution >= 0.6 is 0 Å². The number of carboxylic acid groups (broad SMARTS) is 2. The van der Waals surface area contributed by atoms with Gasteiger partial charge in [-0.05, 0) is 25.2 Å². The Labute approximate surface area is 220 Å². The van der Waals surface area contributed by atoms with Crippen molar-refractivity contribution < 1.29 is 38.9 Å². The summed E-state index contributed by atoms with van der Waals surface area (Å²) in [5.74, 6) is -4.31. The van der Waals surface area contributed by atoms with Gasteiger partial charge in [-0.25, -0.2) is 9.78 Å². The Bertz CT molecular complexity index is 969. The van der Waals surface area contributed by atoms with Crippen LogP contribution in [0.4, 0.5) is 0 Å². The molecule has 0 spiro atoms. The van der Waals surface area contributed by atoms with E-state index in [0.717, 1.165) is 0 Å². The average molecular weight is 539 g/mol. The molecule has 1 aliphatic rings. The highest BCUT2D eigenvalue weighted by molar-refractivity contribution is 5.91. The number of likely N-dealkylation sites (tertiary alicyclic amines) is 1. The molecule has 0 bridgehead atoms. The fourth-order valence-corrected chi connectivity index (χ4v) is 4.37. The Kier molecular flexibility index (Phi) is 11.7. The number of aromatic nitrogens is 2. The first-order chi connectivity index (χ1) is 17.9. The molecule has 14 heteroatoms. The van der Waals surface area contributed by atoms with Gasteiger partial charge >= 0.3 is 11.9 Å². The fourth-order valence-electron chi connectivity index (χ4n) is 4.37. The summed E-state index contributed by atoms with van der Waals surface area (Å²) in [6.07, 6.45) is 2.66. The molecule has 212 valence electrons. The third kappa shape index (κ3) is 8.80. The first kappa shape index (κ1) is 30.7. The summed E-state index contributed by atoms with van der Waals surface area (Å²) in [7, 11) is 1.45. The zero-order valence-electron chi connectivity index (χ0n) is 21.9. The van der Waals surface area contributed by atoms with E-state index in [1.807, 2.05) is 0 Å². The zero-order valence-corrected chi connectivity index (χ0v) is 21.9. The molecule has 1 fully saturated rings. The molecule has 0 radical (unpaired) electrons. The minimum Gasteiger partial charge on any atom is -0.481 e. The summed E-state index contributed by atoms with van der Waals surface area (Å²) in [5, 5.41) is 23.8. The Hall–Kier alpha value is -3.52. The molecule has 2 heterocycles. The molecule has 0 aliphatic carbocycles. The number of H-pyrrole nitrogens is 1. The summed E-state index contributed by atoms with van der Waals surface area (Å²) < 4.78 is 5.55. The number of nitrogens with zero attached hydrogens (tertiary/aromatic N) is 2. The molecule has 1 aromatic rings. The molecule has 0 saturated carbocycles. The standard InChI is InChI=1S/C24H38N6O8/c1-13(2)21(25)22(34)29-15(6-7-20(32)33)23(35)30-8-4-5-18(38-3)17(30)10-19(31)28-16(24(36)37)9-14-11-26-12-27-14/h11-13,15-18,21H,4-10,25H2,1-3H3,(H,26,27)(H,28,31)(H,29,34)(H,32,33)(H,36,37)/t15-,16-,17+,18+,21-/m0/s1. The molecule has 38 heavy (non-hydrogen) atoms. The molecular weight excluding hydrogens is 500 g/mol. The third-order valence-corrected chi connectivity index (χ3v) is 6.59. The summed E-state index contributed by atoms with van der Waals surface area (Å²) in [5.41, 5.74) is 6.44. The van der Waals surface area contributed by atoms with E-state index in [4.69, 9.17) is 15.6 Å². The molecule has 2 rings (SSSR count). The number of piperidine rings is 1. The van der Waals surface area contributed by atoms with Crippen LogP contribution in [0.15, 0.2) is 12.5 Å². The van der Waals surface area contributed by atoms with Crippen LogP contribution in [0.1, 0.15) is 51.6 Å². The van der Waals surface area contributed by atoms with Crippen LogP contribution in [0.5, 0.6) is 0 Å². The number of nitrogens with one attached hydrogen (secondary N) is 3. The smallest absolute Gasteiger partial charge is 0.326 e. The van der Waals surface area contributed by atoms with E-state index in [2.05, 4.69) is 20.6 Å². The highest BCUT2D eigenvalue weighted by Crippen LogP contribution is 2.24. The first-order valence-corrected chi connectivity index (χ1v) is 12.5. The van der Waals surface area contributed by atoms with Crippen molar-refractivity contribution >= 4 is 29.7 Å². The monoisotopic (exact) mass is 538 g/mol. The van der Waals surface area contributed by atoms with Gasteiger partial charge in [-0.2, -0.15) is 0 Å². The molecule has 0 aromatic carbocycles. The predicted molar refractivity (Wildman–Crippen MR) is 134 cm³/mol. The normalized spacial score (nSPS) is 19.9. The number of amides is 3. The van der Waals surface area contributed by atoms with Gasteiger partial charge in [0.15, 0.2) is 0 Å². The Morgan fingerprint density at radius 2 is 1.92 bits per heavy atom. The minimum atomic E-state index is -1.23. The van der Waals surface area contributed by atoms with Gasteiger partial charge in [0.1, 0.15) is 12.1 Å². The van der Waals surface area contributed by atoms with Gasteiger partial charge in [0.2, 0.25) is 17.7 Å². The fraction of sp³-hybridized carbons (Fsp3) is 0.667. The van der Waals surface area contributed by atoms with E-state index in [9.17, 15) is 29.1 Å². The number of nitrogens with two attached hydrogens (primary N) is 1. The largest absolute Gasteiger partial charge is 0.481 e. The lowest BCUT2D eigenvalue weighted by Crippen LogP contribution is -2.60. The van der Waals surface area contributed by atoms with Gasteiger partial charge in [-0.15, -0.1) is 0 Å². The molecule has 7 N–H and O–H groups in total. The van der Waals surface area contributed by atoms with Crippen molar-refractivity contribution in [2.45, 2.75) is 82.6 Å². The summed E-state index contributed by atoms with van der Waals surface area (Å²) in [6.45, 7) is 3.75. The van der Waals surface area contributed by atoms with Crippen LogP contribution < -0.4 is 16.4 Å². The molecule has 3 amide bonds. The lowest BCUT2D eigenvalue weighted by Gasteiger charge is -2.42. The molecule has 1 saturated heterocycles. The number of imidazole rings is 1. The van der Waals surface area contributed by atoms with Crippen molar-refractivity contribution in [1.82, 2.24) is 25.5 Å². The van der Waals surface area contributed by atoms with Crippen molar-refractivity contribution in [1.29, 1.82) is 0 Å². The number of rotatable bonds is 14. The maximum atomic E-state index is 13.6. The van der Waals surface area contributed by atoms with Crippen LogP contribution in [-0.2, 0) is 35.1 Å². The van der Waals surface area contributed by atoms with Gasteiger partial charge in [-0.3, -0.25) is 19.2 Å². The number of aliphatic carboxylic acids is 2. The van der Waals surface area contributed by atoms with Gasteiger partial charge in [0.25, 0.3) is 0 Å². The van der Waals surface area contributed by atoms with Gasteiger partial charge < -0.3 is 41.2 Å². The van der Waals surface area contributed by atoms with Crippen molar-refractivity contribution in [2.24, 2.45) is 11.7 Å². The van der Waals surface area contributed by atoms with E-state index >= 15 is 0 Å². The van der Waals surface area contributed by atoms with Gasteiger partial charge in [0.05, 0.1) is 24.5 Å². The molecule has 5 atom stereocenters. The van der Waals surface area contributed by atoms with E-state index in [1.165, 1.54) is 24.5 Å². The number of aromatic amines is 1. The summed E-state index contributed by atoms with van der Waals surface area (Å²) >= 11 is 0. The number of carboxylic acids is 2. The van der Waals surface area contributed by atoms with Crippen LogP contribution in [0.2, 0.25) is 0 Å². The maximum Gasteiger partial charge on any atom is 0.326 e. The lowest BCUT2D eigenvalue weighted by atomic mass is 9.93. The number of ether oxygens (including phenoxy) is 1. The highest BCUT2D eigenvalue weighted by Gasteiger charge is 2.39. The molecule has 1 aromatic heterocycles. The lowest BCUT2D eigenvalue weighted by molar-refractivity contribution is -0.148. The molecule has 14 nitrogen and oxygen atoms in total. The van der Waals surface area contributed by atoms with Crippen LogP contribution in [0.25, 0.3) is 0 Å². The number of hydrogen-bond donors (Lipinski definition) is 6. The number of carbonyl (C=O) groups excluding carboxylic acids is 3. The summed E-state index contributed by atoms with van der Waals surface area (Å²) in [6, 6.07) is -4.05. The Morgan fingerprint density at radius 1 is 1.21 bits per heavy atom. The van der Waals surface area contributed by atoms with Crippen molar-refractivity contribution in [2.75, 3.05) is 13.7 Å². The second-order valence-electron chi connectivity index (χ2n) is 9.72. The van der Waals surface area contributed by atoms with Gasteiger partial charge in [0, 0.05) is 44.8 Å². The second-order valence-corrected chi connectivity index (χ2v) is 9.72. The zero-order chi connectivity index (χ0) is 28.4. The topological polar surface area (TPSA) is 217 Å². The van der Waals surface area contributed by atoms with Crippen LogP contribution in [0.3, 0.4) is 0 Å². The molecular formula is C24H38N6O8. The Balaban J connectivity index is 2.21. The predicted octanol–water partition coefficient (Wildman–Crippen LogP) is -0.749. The summed E-state index contributed by atoms with van der Waals surface area (Å²) in [4.78, 5) is 70.2. The van der Waals surface area contributed by atoms with E-state index in [0.29, 0.717) is 18.5 Å². The molecule has 0 unspecified atom stereocenters. The average Bonchev–Trinajstić information content (AvgIpc) is 3.38. The van der Waals surface area contributed by atoms with Crippen LogP contribution in [-0.4, -0.2) is 98.7 Å². The van der Waals surface area contributed by atoms with Crippen molar-refractivity contribution in [3.8, 4) is 0 Å². The van der Waals surface area contributed by atoms with Crippen LogP contribution in [0, 0.1) is 5.92 Å². The Morgan fingerprint density at radius 3 is 2.47 bits per heavy atom. The second kappa shape index (κ2) is 14.4. The SMILES string of the molecule is CO[C@@H]1CCCN(C(=O)[C@H](CCC(=O)O)NC(=O)[C@@H](N)C(C)C)[C@@H]1CC(=O)N[C@@H](Cc1cnc[nH]1)C(=O)O. The third-order valence-electron chi connectivity index (χ3n) is 6.59. The van der Waals surface area contributed by atoms with Crippen molar-refractivity contribution in [3.05, 3.63) is 18.2 Å². The highest BCUT2D eigenvalue weighted by atomic mass is 16.5.